The number of nitrogen functional groups attached to an aromatic ring is 1. The quantitative estimate of drug-likeness (QED) is 0.850. The molecule has 1 aliphatic heterocycles. The second-order valence-electron chi connectivity index (χ2n) is 4.93. The summed E-state index contributed by atoms with van der Waals surface area (Å²) in [6.07, 6.45) is 0. The fourth-order valence-corrected chi connectivity index (χ4v) is 2.26. The highest BCUT2D eigenvalue weighted by atomic mass is 35.5. The van der Waals surface area contributed by atoms with Crippen LogP contribution in [0.25, 0.3) is 11.5 Å². The molecule has 1 fully saturated rings. The van der Waals surface area contributed by atoms with E-state index in [0.717, 1.165) is 31.7 Å². The number of anilines is 2. The molecule has 0 radical (unpaired) electrons. The zero-order valence-electron chi connectivity index (χ0n) is 11.2. The molecule has 2 aromatic rings. The first-order valence-corrected chi connectivity index (χ1v) is 6.84. The molecule has 0 aliphatic carbocycles. The molecule has 0 atom stereocenters. The van der Waals surface area contributed by atoms with Gasteiger partial charge in [-0.05, 0) is 30.4 Å². The summed E-state index contributed by atoms with van der Waals surface area (Å²) < 4.78 is 5.31. The Bertz CT molecular complexity index is 607. The van der Waals surface area contributed by atoms with E-state index in [9.17, 15) is 0 Å². The predicted octanol–water partition coefficient (Wildman–Crippen LogP) is 1.72. The van der Waals surface area contributed by atoms with Gasteiger partial charge in [-0.25, -0.2) is 0 Å². The lowest BCUT2D eigenvalue weighted by molar-refractivity contribution is 0.309. The molecule has 0 bridgehead atoms. The summed E-state index contributed by atoms with van der Waals surface area (Å²) in [5.41, 5.74) is 7.07. The third-order valence-electron chi connectivity index (χ3n) is 3.44. The first kappa shape index (κ1) is 13.2. The molecule has 1 aromatic heterocycles. The average Bonchev–Trinajstić information content (AvgIpc) is 2.92. The average molecular weight is 294 g/mol. The van der Waals surface area contributed by atoms with E-state index >= 15 is 0 Å². The van der Waals surface area contributed by atoms with Crippen molar-refractivity contribution in [1.29, 1.82) is 0 Å². The molecule has 20 heavy (non-hydrogen) atoms. The Morgan fingerprint density at radius 1 is 1.25 bits per heavy atom. The van der Waals surface area contributed by atoms with Gasteiger partial charge >= 0.3 is 0 Å². The van der Waals surface area contributed by atoms with E-state index < -0.39 is 0 Å². The van der Waals surface area contributed by atoms with Crippen molar-refractivity contribution in [3.8, 4) is 11.5 Å². The summed E-state index contributed by atoms with van der Waals surface area (Å²) in [7, 11) is 2.11. The number of piperazine rings is 1. The number of benzene rings is 1. The van der Waals surface area contributed by atoms with Gasteiger partial charge in [-0.1, -0.05) is 11.6 Å². The molecule has 0 amide bonds. The number of nitrogens with zero attached hydrogens (tertiary/aromatic N) is 4. The molecule has 106 valence electrons. The molecule has 7 heteroatoms. The van der Waals surface area contributed by atoms with Crippen LogP contribution in [0.5, 0.6) is 0 Å². The number of rotatable bonds is 2. The van der Waals surface area contributed by atoms with Crippen molar-refractivity contribution in [1.82, 2.24) is 15.0 Å². The number of halogens is 1. The number of nitrogens with two attached hydrogens (primary N) is 1. The van der Waals surface area contributed by atoms with Gasteiger partial charge in [0.05, 0.1) is 10.7 Å². The van der Waals surface area contributed by atoms with Crippen LogP contribution in [0.2, 0.25) is 5.02 Å². The van der Waals surface area contributed by atoms with Crippen LogP contribution in [0.3, 0.4) is 0 Å². The van der Waals surface area contributed by atoms with Gasteiger partial charge in [0.15, 0.2) is 0 Å². The van der Waals surface area contributed by atoms with E-state index in [0.29, 0.717) is 22.5 Å². The lowest BCUT2D eigenvalue weighted by Gasteiger charge is -2.31. The van der Waals surface area contributed by atoms with E-state index in [1.807, 2.05) is 6.07 Å². The summed E-state index contributed by atoms with van der Waals surface area (Å²) in [5.74, 6) is 1.09. The van der Waals surface area contributed by atoms with Gasteiger partial charge in [-0.3, -0.25) is 0 Å². The fourth-order valence-electron chi connectivity index (χ4n) is 2.14. The monoisotopic (exact) mass is 293 g/mol. The van der Waals surface area contributed by atoms with Crippen LogP contribution < -0.4 is 10.6 Å². The van der Waals surface area contributed by atoms with Crippen molar-refractivity contribution in [2.75, 3.05) is 43.9 Å². The van der Waals surface area contributed by atoms with Crippen LogP contribution in [0.15, 0.2) is 22.7 Å². The lowest BCUT2D eigenvalue weighted by atomic mass is 10.2. The largest absolute Gasteiger partial charge is 0.398 e. The van der Waals surface area contributed by atoms with Gasteiger partial charge < -0.3 is 20.1 Å². The summed E-state index contributed by atoms with van der Waals surface area (Å²) >= 11 is 5.90. The predicted molar refractivity (Wildman–Crippen MR) is 78.9 cm³/mol. The smallest absolute Gasteiger partial charge is 0.266 e. The third kappa shape index (κ3) is 2.57. The van der Waals surface area contributed by atoms with Crippen molar-refractivity contribution in [2.45, 2.75) is 0 Å². The molecular weight excluding hydrogens is 278 g/mol. The number of aromatic nitrogens is 2. The molecule has 2 heterocycles. The van der Waals surface area contributed by atoms with E-state index in [1.54, 1.807) is 12.1 Å². The highest BCUT2D eigenvalue weighted by Gasteiger charge is 2.19. The molecule has 6 nitrogen and oxygen atoms in total. The Labute approximate surface area is 122 Å². The molecule has 1 saturated heterocycles. The SMILES string of the molecule is CN1CCN(c2noc(-c3ccc(Cl)c(N)c3)n2)CC1. The van der Waals surface area contributed by atoms with Crippen molar-refractivity contribution in [3.05, 3.63) is 23.2 Å². The maximum Gasteiger partial charge on any atom is 0.266 e. The first-order valence-electron chi connectivity index (χ1n) is 6.46. The van der Waals surface area contributed by atoms with E-state index in [-0.39, 0.29) is 0 Å². The van der Waals surface area contributed by atoms with Gasteiger partial charge in [-0.2, -0.15) is 4.98 Å². The minimum atomic E-state index is 0.460. The van der Waals surface area contributed by atoms with Crippen LogP contribution in [0, 0.1) is 0 Å². The van der Waals surface area contributed by atoms with Gasteiger partial charge in [0.1, 0.15) is 0 Å². The Balaban J connectivity index is 1.81. The highest BCUT2D eigenvalue weighted by Crippen LogP contribution is 2.27. The van der Waals surface area contributed by atoms with Gasteiger partial charge in [-0.15, -0.1) is 0 Å². The van der Waals surface area contributed by atoms with Crippen LogP contribution >= 0.6 is 11.6 Å². The summed E-state index contributed by atoms with van der Waals surface area (Å²) in [5, 5.41) is 4.56. The van der Waals surface area contributed by atoms with E-state index in [4.69, 9.17) is 21.9 Å². The number of hydrogen-bond acceptors (Lipinski definition) is 6. The van der Waals surface area contributed by atoms with E-state index in [1.165, 1.54) is 0 Å². The molecular formula is C13H16ClN5O. The zero-order chi connectivity index (χ0) is 14.1. The van der Waals surface area contributed by atoms with Crippen molar-refractivity contribution in [3.63, 3.8) is 0 Å². The standard InChI is InChI=1S/C13H16ClN5O/c1-18-4-6-19(7-5-18)13-16-12(20-17-13)9-2-3-10(14)11(15)8-9/h2-3,8H,4-7,15H2,1H3. The van der Waals surface area contributed by atoms with Gasteiger partial charge in [0.2, 0.25) is 0 Å². The maximum absolute atomic E-state index is 5.90. The van der Waals surface area contributed by atoms with Gasteiger partial charge in [0.25, 0.3) is 11.8 Å². The molecule has 3 rings (SSSR count). The molecule has 0 saturated carbocycles. The molecule has 0 spiro atoms. The van der Waals surface area contributed by atoms with Crippen LogP contribution in [-0.2, 0) is 0 Å². The van der Waals surface area contributed by atoms with Crippen molar-refractivity contribution >= 4 is 23.2 Å². The van der Waals surface area contributed by atoms with Gasteiger partial charge in [0, 0.05) is 31.7 Å². The summed E-state index contributed by atoms with van der Waals surface area (Å²) in [4.78, 5) is 8.82. The number of likely N-dealkylation sites (N-methyl/N-ethyl adjacent to an activating group) is 1. The molecule has 2 N–H and O–H groups in total. The van der Waals surface area contributed by atoms with Crippen molar-refractivity contribution in [2.24, 2.45) is 0 Å². The van der Waals surface area contributed by atoms with Crippen LogP contribution in [-0.4, -0.2) is 48.3 Å². The minimum absolute atomic E-state index is 0.460. The van der Waals surface area contributed by atoms with Crippen molar-refractivity contribution < 1.29 is 4.52 Å². The summed E-state index contributed by atoms with van der Waals surface area (Å²) in [6, 6.07) is 5.29. The first-order chi connectivity index (χ1) is 9.63. The molecule has 1 aromatic carbocycles. The Morgan fingerprint density at radius 2 is 2.00 bits per heavy atom. The minimum Gasteiger partial charge on any atom is -0.398 e. The van der Waals surface area contributed by atoms with Crippen LogP contribution in [0.4, 0.5) is 11.6 Å². The lowest BCUT2D eigenvalue weighted by Crippen LogP contribution is -2.44. The molecule has 0 unspecified atom stereocenters. The highest BCUT2D eigenvalue weighted by molar-refractivity contribution is 6.33. The Morgan fingerprint density at radius 3 is 2.70 bits per heavy atom. The second kappa shape index (κ2) is 5.30. The zero-order valence-corrected chi connectivity index (χ0v) is 12.0. The normalized spacial score (nSPS) is 16.6. The topological polar surface area (TPSA) is 71.4 Å². The fraction of sp³-hybridized carbons (Fsp3) is 0.385. The maximum atomic E-state index is 5.90. The summed E-state index contributed by atoms with van der Waals surface area (Å²) in [6.45, 7) is 3.80. The van der Waals surface area contributed by atoms with Crippen LogP contribution in [0.1, 0.15) is 0 Å². The third-order valence-corrected chi connectivity index (χ3v) is 3.79. The second-order valence-corrected chi connectivity index (χ2v) is 5.33. The van der Waals surface area contributed by atoms with E-state index in [2.05, 4.69) is 27.0 Å². The molecule has 1 aliphatic rings. The number of hydrogen-bond donors (Lipinski definition) is 1. The Hall–Kier alpha value is -1.79. The Kier molecular flexibility index (Phi) is 3.50.